The summed E-state index contributed by atoms with van der Waals surface area (Å²) in [4.78, 5) is 14.0. The molecule has 1 fully saturated rings. The number of halogens is 1. The number of carbonyl (C=O) groups excluding carboxylic acids is 1. The number of benzene rings is 1. The molecule has 0 radical (unpaired) electrons. The van der Waals surface area contributed by atoms with Crippen molar-refractivity contribution >= 4 is 11.7 Å². The summed E-state index contributed by atoms with van der Waals surface area (Å²) in [7, 11) is 3.68. The van der Waals surface area contributed by atoms with Gasteiger partial charge in [0.25, 0.3) is 0 Å². The molecule has 5 heteroatoms. The first-order chi connectivity index (χ1) is 10.0. The summed E-state index contributed by atoms with van der Waals surface area (Å²) in [6.07, 6.45) is 0.728. The van der Waals surface area contributed by atoms with Crippen LogP contribution in [0, 0.1) is 11.7 Å². The highest BCUT2D eigenvalue weighted by molar-refractivity contribution is 5.73. The van der Waals surface area contributed by atoms with Crippen LogP contribution in [0.3, 0.4) is 0 Å². The minimum absolute atomic E-state index is 0.143. The van der Waals surface area contributed by atoms with Crippen molar-refractivity contribution in [2.75, 3.05) is 32.2 Å². The zero-order valence-corrected chi connectivity index (χ0v) is 12.8. The summed E-state index contributed by atoms with van der Waals surface area (Å²) < 4.78 is 24.8. The largest absolute Gasteiger partial charge is 0.457 e. The van der Waals surface area contributed by atoms with E-state index in [0.29, 0.717) is 31.6 Å². The molecule has 116 valence electrons. The van der Waals surface area contributed by atoms with Gasteiger partial charge in [-0.1, -0.05) is 6.07 Å². The molecule has 1 aromatic carbocycles. The Kier molecular flexibility index (Phi) is 5.17. The summed E-state index contributed by atoms with van der Waals surface area (Å²) >= 11 is 0. The van der Waals surface area contributed by atoms with E-state index in [0.717, 1.165) is 5.69 Å². The summed E-state index contributed by atoms with van der Waals surface area (Å²) in [6, 6.07) is 4.86. The lowest BCUT2D eigenvalue weighted by Crippen LogP contribution is -2.26. The van der Waals surface area contributed by atoms with Crippen LogP contribution in [-0.4, -0.2) is 33.3 Å². The molecular formula is C16H22FNO3. The fraction of sp³-hybridized carbons (Fsp3) is 0.562. The van der Waals surface area contributed by atoms with E-state index >= 15 is 0 Å². The van der Waals surface area contributed by atoms with E-state index in [2.05, 4.69) is 0 Å². The highest BCUT2D eigenvalue weighted by Gasteiger charge is 2.27. The highest BCUT2D eigenvalue weighted by atomic mass is 19.1. The van der Waals surface area contributed by atoms with E-state index in [1.165, 1.54) is 6.07 Å². The molecule has 0 saturated carbocycles. The van der Waals surface area contributed by atoms with Crippen molar-refractivity contribution in [1.29, 1.82) is 0 Å². The quantitative estimate of drug-likeness (QED) is 0.801. The Bertz CT molecular complexity index is 498. The number of hydrogen-bond donors (Lipinski definition) is 0. The Labute approximate surface area is 124 Å². The number of carbonyl (C=O) groups is 1. The maximum Gasteiger partial charge on any atom is 0.309 e. The minimum Gasteiger partial charge on any atom is -0.457 e. The molecule has 0 amide bonds. The Hall–Kier alpha value is -1.62. The molecule has 0 N–H and O–H groups in total. The number of rotatable bonds is 4. The first-order valence-electron chi connectivity index (χ1n) is 7.24. The predicted octanol–water partition coefficient (Wildman–Crippen LogP) is 2.92. The van der Waals surface area contributed by atoms with Crippen LogP contribution in [0.15, 0.2) is 18.2 Å². The third-order valence-corrected chi connectivity index (χ3v) is 3.77. The van der Waals surface area contributed by atoms with Gasteiger partial charge in [0.05, 0.1) is 11.5 Å². The van der Waals surface area contributed by atoms with Crippen molar-refractivity contribution in [3.63, 3.8) is 0 Å². The predicted molar refractivity (Wildman–Crippen MR) is 78.8 cm³/mol. The van der Waals surface area contributed by atoms with Crippen LogP contribution in [0.25, 0.3) is 0 Å². The van der Waals surface area contributed by atoms with Gasteiger partial charge >= 0.3 is 5.97 Å². The van der Waals surface area contributed by atoms with E-state index in [9.17, 15) is 9.18 Å². The van der Waals surface area contributed by atoms with Crippen LogP contribution in [0.4, 0.5) is 10.1 Å². The Morgan fingerprint density at radius 3 is 2.67 bits per heavy atom. The summed E-state index contributed by atoms with van der Waals surface area (Å²) in [5.74, 6) is -0.761. The Balaban J connectivity index is 2.12. The molecule has 1 aromatic rings. The normalized spacial score (nSPS) is 17.3. The summed E-state index contributed by atoms with van der Waals surface area (Å²) in [6.45, 7) is 2.87. The molecule has 1 saturated heterocycles. The summed E-state index contributed by atoms with van der Waals surface area (Å²) in [5, 5.41) is 0. The zero-order chi connectivity index (χ0) is 15.4. The lowest BCUT2D eigenvalue weighted by molar-refractivity contribution is -0.156. The van der Waals surface area contributed by atoms with Crippen molar-refractivity contribution < 1.29 is 18.7 Å². The van der Waals surface area contributed by atoms with Gasteiger partial charge in [0.1, 0.15) is 11.9 Å². The SMILES string of the molecule is C[C@H](OC(=O)C1CCOCC1)c1c(F)cccc1N(C)C. The van der Waals surface area contributed by atoms with E-state index < -0.39 is 6.10 Å². The smallest absolute Gasteiger partial charge is 0.309 e. The monoisotopic (exact) mass is 295 g/mol. The van der Waals surface area contributed by atoms with Crippen molar-refractivity contribution in [2.45, 2.75) is 25.9 Å². The molecule has 21 heavy (non-hydrogen) atoms. The minimum atomic E-state index is -0.612. The third kappa shape index (κ3) is 3.73. The number of hydrogen-bond acceptors (Lipinski definition) is 4. The Morgan fingerprint density at radius 2 is 2.05 bits per heavy atom. The molecule has 4 nitrogen and oxygen atoms in total. The first-order valence-corrected chi connectivity index (χ1v) is 7.24. The van der Waals surface area contributed by atoms with Crippen LogP contribution in [0.2, 0.25) is 0 Å². The van der Waals surface area contributed by atoms with E-state index in [1.54, 1.807) is 13.0 Å². The van der Waals surface area contributed by atoms with Crippen molar-refractivity contribution in [1.82, 2.24) is 0 Å². The van der Waals surface area contributed by atoms with Gasteiger partial charge in [0, 0.05) is 33.0 Å². The molecule has 1 aliphatic rings. The van der Waals surface area contributed by atoms with Gasteiger partial charge < -0.3 is 14.4 Å². The lowest BCUT2D eigenvalue weighted by Gasteiger charge is -2.25. The second kappa shape index (κ2) is 6.89. The standard InChI is InChI=1S/C16H22FNO3/c1-11(21-16(19)12-7-9-20-10-8-12)15-13(17)5-4-6-14(15)18(2)3/h4-6,11-12H,7-10H2,1-3H3/t11-/m0/s1. The zero-order valence-electron chi connectivity index (χ0n) is 12.8. The molecule has 0 spiro atoms. The maximum atomic E-state index is 14.1. The van der Waals surface area contributed by atoms with E-state index in [-0.39, 0.29) is 17.7 Å². The second-order valence-corrected chi connectivity index (χ2v) is 5.53. The summed E-state index contributed by atoms with van der Waals surface area (Å²) in [5.41, 5.74) is 1.14. The molecule has 0 aromatic heterocycles. The third-order valence-electron chi connectivity index (χ3n) is 3.77. The van der Waals surface area contributed by atoms with Gasteiger partial charge in [-0.3, -0.25) is 4.79 Å². The molecule has 1 heterocycles. The molecule has 0 aliphatic carbocycles. The maximum absolute atomic E-state index is 14.1. The fourth-order valence-corrected chi connectivity index (χ4v) is 2.58. The van der Waals surface area contributed by atoms with E-state index in [4.69, 9.17) is 9.47 Å². The highest BCUT2D eigenvalue weighted by Crippen LogP contribution is 2.31. The lowest BCUT2D eigenvalue weighted by atomic mass is 10.0. The average molecular weight is 295 g/mol. The Morgan fingerprint density at radius 1 is 1.38 bits per heavy atom. The van der Waals surface area contributed by atoms with Gasteiger partial charge in [0.2, 0.25) is 0 Å². The first kappa shape index (κ1) is 15.8. The van der Waals surface area contributed by atoms with Gasteiger partial charge in [-0.05, 0) is 31.9 Å². The van der Waals surface area contributed by atoms with Crippen molar-refractivity contribution in [3.8, 4) is 0 Å². The number of anilines is 1. The van der Waals surface area contributed by atoms with Crippen LogP contribution < -0.4 is 4.90 Å². The molecule has 0 unspecified atom stereocenters. The van der Waals surface area contributed by atoms with Gasteiger partial charge in [-0.2, -0.15) is 0 Å². The van der Waals surface area contributed by atoms with Crippen molar-refractivity contribution in [2.24, 2.45) is 5.92 Å². The fourth-order valence-electron chi connectivity index (χ4n) is 2.58. The average Bonchev–Trinajstić information content (AvgIpc) is 2.47. The van der Waals surface area contributed by atoms with Crippen molar-refractivity contribution in [3.05, 3.63) is 29.6 Å². The number of nitrogens with zero attached hydrogens (tertiary/aromatic N) is 1. The van der Waals surface area contributed by atoms with Crippen LogP contribution in [0.5, 0.6) is 0 Å². The van der Waals surface area contributed by atoms with Crippen LogP contribution >= 0.6 is 0 Å². The molecule has 1 atom stereocenters. The molecule has 0 bridgehead atoms. The topological polar surface area (TPSA) is 38.8 Å². The number of ether oxygens (including phenoxy) is 2. The van der Waals surface area contributed by atoms with E-state index in [1.807, 2.05) is 25.1 Å². The second-order valence-electron chi connectivity index (χ2n) is 5.53. The van der Waals surface area contributed by atoms with Gasteiger partial charge in [-0.15, -0.1) is 0 Å². The molecule has 2 rings (SSSR count). The van der Waals surface area contributed by atoms with Crippen LogP contribution in [0.1, 0.15) is 31.4 Å². The molecular weight excluding hydrogens is 273 g/mol. The van der Waals surface area contributed by atoms with Crippen LogP contribution in [-0.2, 0) is 14.3 Å². The molecule has 1 aliphatic heterocycles. The van der Waals surface area contributed by atoms with Gasteiger partial charge in [0.15, 0.2) is 0 Å². The number of esters is 1. The van der Waals surface area contributed by atoms with Gasteiger partial charge in [-0.25, -0.2) is 4.39 Å².